The molecule has 0 spiro atoms. The summed E-state index contributed by atoms with van der Waals surface area (Å²) in [6, 6.07) is 0.873. The van der Waals surface area contributed by atoms with Crippen LogP contribution in [-0.2, 0) is 32.0 Å². The van der Waals surface area contributed by atoms with Gasteiger partial charge in [0.25, 0.3) is 0 Å². The average Bonchev–Trinajstić information content (AvgIpc) is 3.06. The van der Waals surface area contributed by atoms with Gasteiger partial charge >= 0.3 is 50.9 Å². The number of ether oxygens (including phenoxy) is 2. The molecule has 0 bridgehead atoms. The number of aliphatic hydroxyl groups is 6. The fourth-order valence-corrected chi connectivity index (χ4v) is 5.47. The quantitative estimate of drug-likeness (QED) is 0.0981. The molecule has 0 amide bonds. The molecule has 2 saturated heterocycles. The molecule has 0 aromatic carbocycles. The molecule has 3 heterocycles. The average molecular weight is 588 g/mol. The van der Waals surface area contributed by atoms with Crippen molar-refractivity contribution in [3.8, 4) is 5.88 Å². The van der Waals surface area contributed by atoms with Crippen molar-refractivity contribution in [3.63, 3.8) is 0 Å². The zero-order valence-electron chi connectivity index (χ0n) is 18.8. The summed E-state index contributed by atoms with van der Waals surface area (Å²) in [5.74, 6) is -0.873. The summed E-state index contributed by atoms with van der Waals surface area (Å²) in [7, 11) is -11.1. The molecule has 206 valence electrons. The zero-order valence-corrected chi connectivity index (χ0v) is 22.6. The largest absolute Gasteiger partial charge is 1.00 e. The third kappa shape index (κ3) is 7.85. The molecule has 0 aliphatic carbocycles. The molecular formula is C15H23N2NaO17P2. The third-order valence-corrected chi connectivity index (χ3v) is 7.71. The number of phosphoric ester groups is 2. The van der Waals surface area contributed by atoms with E-state index in [2.05, 4.69) is 18.3 Å². The van der Waals surface area contributed by atoms with Crippen molar-refractivity contribution in [2.45, 2.75) is 55.2 Å². The molecule has 2 aliphatic heterocycles. The van der Waals surface area contributed by atoms with Gasteiger partial charge < -0.3 is 55.0 Å². The Balaban J connectivity index is 0.00000481. The number of hydrogen-bond donors (Lipinski definition) is 8. The first-order valence-corrected chi connectivity index (χ1v) is 12.9. The Labute approximate surface area is 228 Å². The van der Waals surface area contributed by atoms with Gasteiger partial charge in [-0.05, 0) is 11.9 Å². The summed E-state index contributed by atoms with van der Waals surface area (Å²) in [6.07, 6.45) is -15.5. The number of hydrogen-bond acceptors (Lipinski definition) is 16. The molecule has 1 aromatic rings. The monoisotopic (exact) mass is 588 g/mol. The van der Waals surface area contributed by atoms with Gasteiger partial charge in [0.2, 0.25) is 0 Å². The normalized spacial score (nSPS) is 37.4. The van der Waals surface area contributed by atoms with Crippen molar-refractivity contribution in [3.05, 3.63) is 22.7 Å². The number of aliphatic hydroxyl groups excluding tert-OH is 6. The smallest absolute Gasteiger partial charge is 0.858 e. The number of rotatable bonds is 9. The molecule has 2 fully saturated rings. The molecular weight excluding hydrogens is 565 g/mol. The molecule has 0 saturated carbocycles. The molecule has 3 rings (SSSR count). The van der Waals surface area contributed by atoms with E-state index in [0.717, 1.165) is 12.3 Å². The first-order valence-electron chi connectivity index (χ1n) is 9.94. The Hall–Kier alpha value is -0.380. The Morgan fingerprint density at radius 1 is 0.973 bits per heavy atom. The van der Waals surface area contributed by atoms with Crippen LogP contribution in [0.15, 0.2) is 17.1 Å². The van der Waals surface area contributed by atoms with Gasteiger partial charge in [0, 0.05) is 6.20 Å². The first-order chi connectivity index (χ1) is 16.7. The van der Waals surface area contributed by atoms with Crippen LogP contribution >= 0.6 is 15.6 Å². The molecule has 22 heteroatoms. The van der Waals surface area contributed by atoms with Crippen LogP contribution in [0.3, 0.4) is 0 Å². The van der Waals surface area contributed by atoms with Crippen LogP contribution in [0, 0.1) is 0 Å². The fourth-order valence-electron chi connectivity index (χ4n) is 3.31. The van der Waals surface area contributed by atoms with E-state index in [1.165, 1.54) is 0 Å². The number of nitrogens with zero attached hydrogens (tertiary/aromatic N) is 2. The topological polar surface area (TPSA) is 300 Å². The summed E-state index contributed by atoms with van der Waals surface area (Å²) < 4.78 is 48.0. The van der Waals surface area contributed by atoms with Crippen molar-refractivity contribution in [1.82, 2.24) is 9.55 Å². The van der Waals surface area contributed by atoms with Crippen molar-refractivity contribution in [1.29, 1.82) is 0 Å². The fraction of sp³-hybridized carbons (Fsp3) is 0.733. The molecule has 19 nitrogen and oxygen atoms in total. The van der Waals surface area contributed by atoms with E-state index < -0.39 is 95.7 Å². The molecule has 2 unspecified atom stereocenters. The summed E-state index contributed by atoms with van der Waals surface area (Å²) in [6.45, 7) is -1.94. The molecule has 0 radical (unpaired) electrons. The van der Waals surface area contributed by atoms with Crippen LogP contribution < -0.4 is 40.4 Å². The predicted molar refractivity (Wildman–Crippen MR) is 105 cm³/mol. The maximum atomic E-state index is 12.2. The van der Waals surface area contributed by atoms with E-state index in [-0.39, 0.29) is 29.6 Å². The van der Waals surface area contributed by atoms with Gasteiger partial charge in [0.05, 0.1) is 13.2 Å². The van der Waals surface area contributed by atoms with Crippen LogP contribution in [0.4, 0.5) is 0 Å². The van der Waals surface area contributed by atoms with Gasteiger partial charge in [0.15, 0.2) is 12.5 Å². The van der Waals surface area contributed by atoms with Gasteiger partial charge in [0.1, 0.15) is 42.7 Å². The zero-order chi connectivity index (χ0) is 27.0. The van der Waals surface area contributed by atoms with Crippen molar-refractivity contribution in [2.75, 3.05) is 13.2 Å². The summed E-state index contributed by atoms with van der Waals surface area (Å²) in [4.78, 5) is 34.5. The molecule has 2 aliphatic rings. The van der Waals surface area contributed by atoms with Crippen LogP contribution in [0.1, 0.15) is 6.23 Å². The maximum absolute atomic E-state index is 12.2. The maximum Gasteiger partial charge on any atom is 1.00 e. The second-order valence-corrected chi connectivity index (χ2v) is 10.6. The Kier molecular flexibility index (Phi) is 11.4. The minimum Gasteiger partial charge on any atom is -0.858 e. The molecule has 1 aromatic heterocycles. The second kappa shape index (κ2) is 12.9. The molecule has 8 N–H and O–H groups in total. The van der Waals surface area contributed by atoms with Crippen LogP contribution in [0.25, 0.3) is 0 Å². The van der Waals surface area contributed by atoms with E-state index >= 15 is 0 Å². The standard InChI is InChI=1S/C15H24N2O17P2.Na/c18-3-5-8(20)10(22)12(24)14(32-5)33-36(28,29)34-35(26,27)30-4-6-9(21)11(23)13(31-6)17-2-1-7(19)16-15(17)25;/h1-2,5-6,8-14,18,20-24H,3-4H2,(H,26,27)(H,28,29)(H,16,19,25);/q;+1/p-1/t5-,6-,8-,9-,10+,11-,12-,13-,14-;/m1./s1. The van der Waals surface area contributed by atoms with Crippen molar-refractivity contribution in [2.24, 2.45) is 0 Å². The Morgan fingerprint density at radius 2 is 1.59 bits per heavy atom. The van der Waals surface area contributed by atoms with Crippen LogP contribution in [-0.4, -0.2) is 112 Å². The predicted octanol–water partition coefficient (Wildman–Crippen LogP) is -8.01. The van der Waals surface area contributed by atoms with Gasteiger partial charge in [-0.25, -0.2) is 18.9 Å². The number of aromatic nitrogens is 2. The van der Waals surface area contributed by atoms with E-state index in [0.29, 0.717) is 4.57 Å². The third-order valence-electron chi connectivity index (χ3n) is 5.11. The van der Waals surface area contributed by atoms with Gasteiger partial charge in [-0.1, -0.05) is 0 Å². The Morgan fingerprint density at radius 3 is 2.19 bits per heavy atom. The SMILES string of the molecule is O=c1nc([O-])ccn1[C@@H]1O[C@H](COP(=O)(O)OP(=O)(O)O[C@H]2O[C@H](CO)[C@@H](O)[C@H](O)[C@H]2O)[C@@H](O)[C@H]1O.[Na+]. The van der Waals surface area contributed by atoms with Crippen LogP contribution in [0.5, 0.6) is 5.88 Å². The van der Waals surface area contributed by atoms with Gasteiger partial charge in [-0.2, -0.15) is 4.31 Å². The van der Waals surface area contributed by atoms with Gasteiger partial charge in [-0.15, -0.1) is 0 Å². The molecule has 11 atom stereocenters. The second-order valence-electron chi connectivity index (χ2n) is 7.62. The van der Waals surface area contributed by atoms with E-state index in [4.69, 9.17) is 14.6 Å². The minimum absolute atomic E-state index is 0. The first kappa shape index (κ1) is 32.8. The van der Waals surface area contributed by atoms with Crippen LogP contribution in [0.2, 0.25) is 0 Å². The van der Waals surface area contributed by atoms with Crippen molar-refractivity contribution < 1.29 is 107 Å². The minimum atomic E-state index is -5.60. The van der Waals surface area contributed by atoms with Gasteiger partial charge in [-0.3, -0.25) is 13.6 Å². The summed E-state index contributed by atoms with van der Waals surface area (Å²) in [5, 5.41) is 69.7. The van der Waals surface area contributed by atoms with E-state index in [1.54, 1.807) is 0 Å². The summed E-state index contributed by atoms with van der Waals surface area (Å²) >= 11 is 0. The van der Waals surface area contributed by atoms with E-state index in [9.17, 15) is 54.4 Å². The van der Waals surface area contributed by atoms with E-state index in [1.807, 2.05) is 0 Å². The summed E-state index contributed by atoms with van der Waals surface area (Å²) in [5.41, 5.74) is -1.12. The van der Waals surface area contributed by atoms with Crippen molar-refractivity contribution >= 4 is 15.6 Å². The molecule has 37 heavy (non-hydrogen) atoms. The number of phosphoric acid groups is 2. The Bertz CT molecular complexity index is 1080.